The molecule has 0 aromatic heterocycles. The van der Waals surface area contributed by atoms with Crippen LogP contribution in [0.4, 0.5) is 0 Å². The second-order valence-corrected chi connectivity index (χ2v) is 3.97. The van der Waals surface area contributed by atoms with Crippen LogP contribution in [0, 0.1) is 0 Å². The van der Waals surface area contributed by atoms with Crippen LogP contribution in [0.3, 0.4) is 0 Å². The lowest BCUT2D eigenvalue weighted by Crippen LogP contribution is -2.41. The molecule has 86 valence electrons. The summed E-state index contributed by atoms with van der Waals surface area (Å²) in [6.07, 6.45) is 0.820. The molecule has 3 atom stereocenters. The predicted octanol–water partition coefficient (Wildman–Crippen LogP) is 0.0816. The highest BCUT2D eigenvalue weighted by Crippen LogP contribution is 2.20. The van der Waals surface area contributed by atoms with Crippen molar-refractivity contribution in [3.8, 4) is 0 Å². The Morgan fingerprint density at radius 2 is 2.33 bits per heavy atom. The van der Waals surface area contributed by atoms with Crippen LogP contribution in [-0.2, 0) is 14.1 Å². The molecular formula is C9H16NO4P. The van der Waals surface area contributed by atoms with E-state index in [-0.39, 0.29) is 12.3 Å². The maximum Gasteiger partial charge on any atom is 0.330 e. The average Bonchev–Trinajstić information content (AvgIpc) is 2.63. The van der Waals surface area contributed by atoms with Gasteiger partial charge in [0.1, 0.15) is 6.04 Å². The van der Waals surface area contributed by atoms with Crippen molar-refractivity contribution in [2.75, 3.05) is 6.54 Å². The Morgan fingerprint density at radius 3 is 2.87 bits per heavy atom. The van der Waals surface area contributed by atoms with Gasteiger partial charge < -0.3 is 14.5 Å². The fraction of sp³-hybridized carbons (Fsp3) is 0.778. The van der Waals surface area contributed by atoms with E-state index in [0.717, 1.165) is 6.42 Å². The van der Waals surface area contributed by atoms with E-state index in [1.807, 2.05) is 9.47 Å². The zero-order valence-corrected chi connectivity index (χ0v) is 9.83. The molecule has 1 aliphatic heterocycles. The predicted molar refractivity (Wildman–Crippen MR) is 56.8 cm³/mol. The second kappa shape index (κ2) is 5.42. The Morgan fingerprint density at radius 1 is 1.67 bits per heavy atom. The molecule has 1 saturated heterocycles. The maximum atomic E-state index is 11.6. The van der Waals surface area contributed by atoms with Gasteiger partial charge in [-0.05, 0) is 19.8 Å². The summed E-state index contributed by atoms with van der Waals surface area (Å²) >= 11 is 0. The minimum atomic E-state index is -0.675. The van der Waals surface area contributed by atoms with Crippen molar-refractivity contribution in [3.05, 3.63) is 0 Å². The van der Waals surface area contributed by atoms with Gasteiger partial charge in [-0.15, -0.1) is 0 Å². The number of hydrogen-bond donors (Lipinski definition) is 1. The minimum Gasteiger partial charge on any atom is -0.450 e. The van der Waals surface area contributed by atoms with Gasteiger partial charge in [0.25, 0.3) is 0 Å². The van der Waals surface area contributed by atoms with Crippen LogP contribution >= 0.6 is 9.47 Å². The highest BCUT2D eigenvalue weighted by molar-refractivity contribution is 7.10. The molecular weight excluding hydrogens is 217 g/mol. The van der Waals surface area contributed by atoms with E-state index in [1.165, 1.54) is 4.90 Å². The summed E-state index contributed by atoms with van der Waals surface area (Å²) < 4.78 is 4.54. The van der Waals surface area contributed by atoms with Gasteiger partial charge in [-0.25, -0.2) is 4.79 Å². The molecule has 5 nitrogen and oxygen atoms in total. The van der Waals surface area contributed by atoms with Crippen LogP contribution in [0.2, 0.25) is 0 Å². The molecule has 1 N–H and O–H groups in total. The fourth-order valence-electron chi connectivity index (χ4n) is 1.76. The SMILES string of the molecule is C[C@@H](O)CC(=O)N1CCC[C@H]1C(=O)OP. The van der Waals surface area contributed by atoms with E-state index in [9.17, 15) is 9.59 Å². The zero-order chi connectivity index (χ0) is 11.4. The zero-order valence-electron chi connectivity index (χ0n) is 8.68. The standard InChI is InChI=1S/C9H16NO4P/c1-6(11)5-8(12)10-4-2-3-7(10)9(13)14-15/h6-7,11H,2-5,15H2,1H3/t6-,7+/m1/s1. The first-order valence-corrected chi connectivity index (χ1v) is 5.41. The summed E-state index contributed by atoms with van der Waals surface area (Å²) in [5.41, 5.74) is 0. The van der Waals surface area contributed by atoms with Crippen molar-refractivity contribution in [2.45, 2.75) is 38.3 Å². The molecule has 0 aliphatic carbocycles. The third kappa shape index (κ3) is 3.14. The first-order chi connectivity index (χ1) is 7.06. The van der Waals surface area contributed by atoms with Crippen LogP contribution in [-0.4, -0.2) is 40.6 Å². The molecule has 15 heavy (non-hydrogen) atoms. The Bertz CT molecular complexity index is 256. The van der Waals surface area contributed by atoms with E-state index < -0.39 is 18.1 Å². The number of likely N-dealkylation sites (tertiary alicyclic amines) is 1. The van der Waals surface area contributed by atoms with E-state index in [4.69, 9.17) is 5.11 Å². The quantitative estimate of drug-likeness (QED) is 0.701. The molecule has 1 fully saturated rings. The van der Waals surface area contributed by atoms with E-state index in [2.05, 4.69) is 4.52 Å². The molecule has 1 rings (SSSR count). The third-order valence-electron chi connectivity index (χ3n) is 2.43. The van der Waals surface area contributed by atoms with Crippen molar-refractivity contribution in [1.82, 2.24) is 4.90 Å². The number of amides is 1. The molecule has 1 unspecified atom stereocenters. The fourth-order valence-corrected chi connectivity index (χ4v) is 1.92. The molecule has 0 aromatic carbocycles. The molecule has 0 spiro atoms. The summed E-state index contributed by atoms with van der Waals surface area (Å²) in [5.74, 6) is -0.598. The Kier molecular flexibility index (Phi) is 4.48. The van der Waals surface area contributed by atoms with Crippen LogP contribution in [0.5, 0.6) is 0 Å². The summed E-state index contributed by atoms with van der Waals surface area (Å²) in [5, 5.41) is 9.10. The molecule has 6 heteroatoms. The number of carbonyl (C=O) groups is 2. The number of rotatable bonds is 3. The average molecular weight is 233 g/mol. The molecule has 0 aromatic rings. The summed E-state index contributed by atoms with van der Waals surface area (Å²) in [6, 6.07) is -0.478. The number of aliphatic hydroxyl groups excluding tert-OH is 1. The van der Waals surface area contributed by atoms with E-state index in [0.29, 0.717) is 13.0 Å². The van der Waals surface area contributed by atoms with Gasteiger partial charge in [0.15, 0.2) is 0 Å². The van der Waals surface area contributed by atoms with E-state index >= 15 is 0 Å². The molecule has 1 aliphatic rings. The van der Waals surface area contributed by atoms with Gasteiger partial charge in [0, 0.05) is 6.54 Å². The van der Waals surface area contributed by atoms with Crippen molar-refractivity contribution >= 4 is 21.3 Å². The summed E-state index contributed by atoms with van der Waals surface area (Å²) in [4.78, 5) is 24.4. The molecule has 0 radical (unpaired) electrons. The van der Waals surface area contributed by atoms with Crippen molar-refractivity contribution in [2.24, 2.45) is 0 Å². The van der Waals surface area contributed by atoms with Gasteiger partial charge in [0.05, 0.1) is 22.0 Å². The van der Waals surface area contributed by atoms with Gasteiger partial charge in [0.2, 0.25) is 5.91 Å². The van der Waals surface area contributed by atoms with Gasteiger partial charge >= 0.3 is 5.97 Å². The van der Waals surface area contributed by atoms with Crippen molar-refractivity contribution in [3.63, 3.8) is 0 Å². The Hall–Kier alpha value is -0.670. The lowest BCUT2D eigenvalue weighted by atomic mass is 10.2. The normalized spacial score (nSPS) is 22.6. The first-order valence-electron chi connectivity index (χ1n) is 4.94. The van der Waals surface area contributed by atoms with Crippen LogP contribution in [0.25, 0.3) is 0 Å². The summed E-state index contributed by atoms with van der Waals surface area (Å²) in [7, 11) is 1.89. The number of nitrogens with zero attached hydrogens (tertiary/aromatic N) is 1. The smallest absolute Gasteiger partial charge is 0.330 e. The van der Waals surface area contributed by atoms with Crippen LogP contribution in [0.15, 0.2) is 0 Å². The molecule has 0 saturated carbocycles. The first kappa shape index (κ1) is 12.4. The highest BCUT2D eigenvalue weighted by atomic mass is 31.0. The summed E-state index contributed by atoms with van der Waals surface area (Å²) in [6.45, 7) is 2.12. The lowest BCUT2D eigenvalue weighted by molar-refractivity contribution is -0.146. The largest absolute Gasteiger partial charge is 0.450 e. The van der Waals surface area contributed by atoms with Crippen molar-refractivity contribution in [1.29, 1.82) is 0 Å². The number of carbonyl (C=O) groups excluding carboxylic acids is 2. The minimum absolute atomic E-state index is 0.0562. The van der Waals surface area contributed by atoms with Gasteiger partial charge in [-0.3, -0.25) is 4.79 Å². The van der Waals surface area contributed by atoms with E-state index in [1.54, 1.807) is 6.92 Å². The van der Waals surface area contributed by atoms with Crippen molar-refractivity contribution < 1.29 is 19.2 Å². The topological polar surface area (TPSA) is 66.8 Å². The van der Waals surface area contributed by atoms with Gasteiger partial charge in [-0.1, -0.05) is 0 Å². The highest BCUT2D eigenvalue weighted by Gasteiger charge is 2.34. The Labute approximate surface area is 91.1 Å². The molecule has 1 amide bonds. The lowest BCUT2D eigenvalue weighted by Gasteiger charge is -2.23. The second-order valence-electron chi connectivity index (χ2n) is 3.74. The number of aliphatic hydroxyl groups is 1. The monoisotopic (exact) mass is 233 g/mol. The third-order valence-corrected chi connectivity index (χ3v) is 2.66. The molecule has 0 bridgehead atoms. The van der Waals surface area contributed by atoms with Crippen LogP contribution in [0.1, 0.15) is 26.2 Å². The van der Waals surface area contributed by atoms with Crippen LogP contribution < -0.4 is 0 Å². The number of hydrogen-bond acceptors (Lipinski definition) is 4. The Balaban J connectivity index is 2.60. The maximum absolute atomic E-state index is 11.6. The molecule has 1 heterocycles. The van der Waals surface area contributed by atoms with Gasteiger partial charge in [-0.2, -0.15) is 0 Å².